The summed E-state index contributed by atoms with van der Waals surface area (Å²) >= 11 is 0. The second kappa shape index (κ2) is 4.69. The average Bonchev–Trinajstić information content (AvgIpc) is 2.41. The lowest BCUT2D eigenvalue weighted by Gasteiger charge is -2.11. The standard InChI is InChI=1S/C8H17N2/c1-2-3-4-6-10-7-5-9-8-10/h2-8H2,1H3. The molecule has 1 saturated heterocycles. The average molecular weight is 141 g/mol. The molecule has 1 radical (unpaired) electrons. The van der Waals surface area contributed by atoms with Crippen molar-refractivity contribution in [2.75, 3.05) is 26.3 Å². The van der Waals surface area contributed by atoms with Gasteiger partial charge in [0.25, 0.3) is 0 Å². The van der Waals surface area contributed by atoms with Gasteiger partial charge in [0.15, 0.2) is 0 Å². The van der Waals surface area contributed by atoms with Gasteiger partial charge in [-0.05, 0) is 13.0 Å². The SMILES string of the molecule is CCCCCN1CC[N]C1. The Morgan fingerprint density at radius 2 is 2.30 bits per heavy atom. The molecular weight excluding hydrogens is 124 g/mol. The van der Waals surface area contributed by atoms with Crippen LogP contribution in [-0.2, 0) is 0 Å². The molecule has 0 aliphatic carbocycles. The van der Waals surface area contributed by atoms with Gasteiger partial charge in [-0.2, -0.15) is 0 Å². The Bertz CT molecular complexity index is 77.3. The molecule has 0 bridgehead atoms. The first-order valence-electron chi connectivity index (χ1n) is 4.29. The van der Waals surface area contributed by atoms with Crippen molar-refractivity contribution in [1.29, 1.82) is 0 Å². The highest BCUT2D eigenvalue weighted by Crippen LogP contribution is 1.99. The lowest BCUT2D eigenvalue weighted by atomic mass is 10.2. The molecule has 1 fully saturated rings. The first-order chi connectivity index (χ1) is 4.93. The molecule has 0 saturated carbocycles. The van der Waals surface area contributed by atoms with Crippen LogP contribution in [0.1, 0.15) is 26.2 Å². The van der Waals surface area contributed by atoms with Gasteiger partial charge in [0.05, 0.1) is 6.67 Å². The van der Waals surface area contributed by atoms with E-state index in [9.17, 15) is 0 Å². The van der Waals surface area contributed by atoms with E-state index in [4.69, 9.17) is 0 Å². The molecule has 0 unspecified atom stereocenters. The zero-order chi connectivity index (χ0) is 7.23. The van der Waals surface area contributed by atoms with Crippen molar-refractivity contribution in [3.63, 3.8) is 0 Å². The Kier molecular flexibility index (Phi) is 3.76. The van der Waals surface area contributed by atoms with Gasteiger partial charge >= 0.3 is 0 Å². The molecule has 1 heterocycles. The smallest absolute Gasteiger partial charge is 0.0649 e. The molecule has 1 aliphatic heterocycles. The summed E-state index contributed by atoms with van der Waals surface area (Å²) in [5, 5.41) is 4.27. The summed E-state index contributed by atoms with van der Waals surface area (Å²) in [5.41, 5.74) is 0. The van der Waals surface area contributed by atoms with Crippen LogP contribution in [0.15, 0.2) is 0 Å². The summed E-state index contributed by atoms with van der Waals surface area (Å²) in [6.07, 6.45) is 4.05. The van der Waals surface area contributed by atoms with Gasteiger partial charge in [0, 0.05) is 13.1 Å². The van der Waals surface area contributed by atoms with E-state index in [0.717, 1.165) is 13.2 Å². The summed E-state index contributed by atoms with van der Waals surface area (Å²) < 4.78 is 0. The highest BCUT2D eigenvalue weighted by Gasteiger charge is 2.09. The molecule has 0 aromatic rings. The molecule has 0 aromatic carbocycles. The number of nitrogens with zero attached hydrogens (tertiary/aromatic N) is 2. The highest BCUT2D eigenvalue weighted by atomic mass is 15.3. The van der Waals surface area contributed by atoms with Crippen LogP contribution in [0.2, 0.25) is 0 Å². The highest BCUT2D eigenvalue weighted by molar-refractivity contribution is 4.64. The zero-order valence-corrected chi connectivity index (χ0v) is 6.84. The maximum absolute atomic E-state index is 4.27. The van der Waals surface area contributed by atoms with E-state index < -0.39 is 0 Å². The van der Waals surface area contributed by atoms with Gasteiger partial charge in [0.1, 0.15) is 0 Å². The van der Waals surface area contributed by atoms with Gasteiger partial charge in [0.2, 0.25) is 0 Å². The van der Waals surface area contributed by atoms with Crippen LogP contribution in [0.25, 0.3) is 0 Å². The first-order valence-corrected chi connectivity index (χ1v) is 4.29. The summed E-state index contributed by atoms with van der Waals surface area (Å²) in [4.78, 5) is 2.43. The van der Waals surface area contributed by atoms with Crippen LogP contribution < -0.4 is 5.32 Å². The number of rotatable bonds is 4. The fraction of sp³-hybridized carbons (Fsp3) is 1.00. The molecule has 1 rings (SSSR count). The van der Waals surface area contributed by atoms with Crippen molar-refractivity contribution in [3.8, 4) is 0 Å². The largest absolute Gasteiger partial charge is 0.288 e. The monoisotopic (exact) mass is 141 g/mol. The van der Waals surface area contributed by atoms with Crippen LogP contribution in [0.5, 0.6) is 0 Å². The molecule has 0 atom stereocenters. The summed E-state index contributed by atoms with van der Waals surface area (Å²) in [7, 11) is 0. The third-order valence-corrected chi connectivity index (χ3v) is 1.95. The molecule has 59 valence electrons. The quantitative estimate of drug-likeness (QED) is 0.535. The number of unbranched alkanes of at least 4 members (excludes halogenated alkanes) is 2. The van der Waals surface area contributed by atoms with Gasteiger partial charge in [-0.15, -0.1) is 0 Å². The topological polar surface area (TPSA) is 17.3 Å². The van der Waals surface area contributed by atoms with Gasteiger partial charge in [-0.1, -0.05) is 19.8 Å². The molecule has 10 heavy (non-hydrogen) atoms. The van der Waals surface area contributed by atoms with Gasteiger partial charge < -0.3 is 0 Å². The zero-order valence-electron chi connectivity index (χ0n) is 6.84. The van der Waals surface area contributed by atoms with E-state index >= 15 is 0 Å². The van der Waals surface area contributed by atoms with Crippen molar-refractivity contribution >= 4 is 0 Å². The van der Waals surface area contributed by atoms with Crippen molar-refractivity contribution in [2.24, 2.45) is 0 Å². The van der Waals surface area contributed by atoms with Crippen molar-refractivity contribution in [3.05, 3.63) is 0 Å². The molecule has 2 nitrogen and oxygen atoms in total. The predicted molar refractivity (Wildman–Crippen MR) is 43.0 cm³/mol. The van der Waals surface area contributed by atoms with Crippen LogP contribution in [0.4, 0.5) is 0 Å². The van der Waals surface area contributed by atoms with Crippen molar-refractivity contribution < 1.29 is 0 Å². The van der Waals surface area contributed by atoms with Crippen molar-refractivity contribution in [1.82, 2.24) is 10.2 Å². The van der Waals surface area contributed by atoms with E-state index in [1.54, 1.807) is 0 Å². The normalized spacial score (nSPS) is 20.1. The summed E-state index contributed by atoms with van der Waals surface area (Å²) in [6, 6.07) is 0. The second-order valence-electron chi connectivity index (χ2n) is 2.91. The summed E-state index contributed by atoms with van der Waals surface area (Å²) in [6.45, 7) is 6.76. The van der Waals surface area contributed by atoms with E-state index in [1.807, 2.05) is 0 Å². The maximum Gasteiger partial charge on any atom is 0.0649 e. The fourth-order valence-corrected chi connectivity index (χ4v) is 1.26. The van der Waals surface area contributed by atoms with E-state index in [1.165, 1.54) is 32.4 Å². The van der Waals surface area contributed by atoms with Crippen LogP contribution in [-0.4, -0.2) is 31.2 Å². The minimum Gasteiger partial charge on any atom is -0.288 e. The number of hydrogen-bond acceptors (Lipinski definition) is 1. The molecule has 0 aromatic heterocycles. The lowest BCUT2D eigenvalue weighted by molar-refractivity contribution is 0.325. The molecule has 0 spiro atoms. The molecule has 2 heteroatoms. The Balaban J connectivity index is 1.91. The number of hydrogen-bond donors (Lipinski definition) is 0. The fourth-order valence-electron chi connectivity index (χ4n) is 1.26. The van der Waals surface area contributed by atoms with Crippen LogP contribution in [0, 0.1) is 0 Å². The van der Waals surface area contributed by atoms with Gasteiger partial charge in [-0.3, -0.25) is 4.90 Å². The van der Waals surface area contributed by atoms with Crippen molar-refractivity contribution in [2.45, 2.75) is 26.2 Å². The Hall–Kier alpha value is -0.0800. The second-order valence-corrected chi connectivity index (χ2v) is 2.91. The lowest BCUT2D eigenvalue weighted by Crippen LogP contribution is -2.21. The molecular formula is C8H17N2. The Morgan fingerprint density at radius 1 is 1.40 bits per heavy atom. The van der Waals surface area contributed by atoms with E-state index in [2.05, 4.69) is 17.1 Å². The Labute approximate surface area is 63.6 Å². The van der Waals surface area contributed by atoms with Gasteiger partial charge in [-0.25, -0.2) is 5.32 Å². The van der Waals surface area contributed by atoms with Crippen LogP contribution >= 0.6 is 0 Å². The first kappa shape index (κ1) is 8.02. The predicted octanol–water partition coefficient (Wildman–Crippen LogP) is 1.05. The molecule has 0 N–H and O–H groups in total. The third kappa shape index (κ3) is 2.67. The summed E-state index contributed by atoms with van der Waals surface area (Å²) in [5.74, 6) is 0. The minimum atomic E-state index is 0.990. The van der Waals surface area contributed by atoms with Crippen LogP contribution in [0.3, 0.4) is 0 Å². The molecule has 0 amide bonds. The minimum absolute atomic E-state index is 0.990. The van der Waals surface area contributed by atoms with E-state index in [-0.39, 0.29) is 0 Å². The Morgan fingerprint density at radius 3 is 2.90 bits per heavy atom. The maximum atomic E-state index is 4.27. The van der Waals surface area contributed by atoms with E-state index in [0.29, 0.717) is 0 Å². The molecule has 1 aliphatic rings. The third-order valence-electron chi connectivity index (χ3n) is 1.95.